The average Bonchev–Trinajstić information content (AvgIpc) is 3.73. The van der Waals surface area contributed by atoms with Crippen molar-refractivity contribution in [3.8, 4) is 11.1 Å². The molecule has 0 spiro atoms. The first kappa shape index (κ1) is 16.6. The van der Waals surface area contributed by atoms with Gasteiger partial charge in [0.1, 0.15) is 22.3 Å². The van der Waals surface area contributed by atoms with Crippen LogP contribution in [0.4, 0.5) is 17.1 Å². The Bertz CT molecular complexity index is 2930. The first-order chi connectivity index (χ1) is 25.1. The van der Waals surface area contributed by atoms with E-state index in [0.717, 1.165) is 21.5 Å². The number of anilines is 3. The zero-order chi connectivity index (χ0) is 36.2. The molecule has 0 aliphatic heterocycles. The van der Waals surface area contributed by atoms with E-state index in [1.54, 1.807) is 30.3 Å². The first-order valence-electron chi connectivity index (χ1n) is 18.3. The maximum Gasteiger partial charge on any atom is 0.143 e. The number of hydrogen-bond donors (Lipinski definition) is 0. The summed E-state index contributed by atoms with van der Waals surface area (Å²) in [6.07, 6.45) is 0. The third kappa shape index (κ3) is 3.75. The van der Waals surface area contributed by atoms with Gasteiger partial charge in [0.2, 0.25) is 0 Å². The number of hydrogen-bond acceptors (Lipinski definition) is 3. The molecule has 9 aromatic rings. The zero-order valence-corrected chi connectivity index (χ0v) is 22.5. The lowest BCUT2D eigenvalue weighted by molar-refractivity contribution is 0.669. The molecule has 0 bridgehead atoms. The molecule has 0 fully saturated rings. The van der Waals surface area contributed by atoms with E-state index in [1.165, 1.54) is 4.90 Å². The molecule has 0 aliphatic rings. The summed E-state index contributed by atoms with van der Waals surface area (Å²) in [5, 5.41) is 4.69. The van der Waals surface area contributed by atoms with E-state index in [4.69, 9.17) is 15.7 Å². The Kier molecular flexibility index (Phi) is 3.61. The normalized spacial score (nSPS) is 14.7. The Morgan fingerprint density at radius 2 is 1.21 bits per heavy atom. The van der Waals surface area contributed by atoms with E-state index in [1.807, 2.05) is 66.7 Å². The fourth-order valence-electron chi connectivity index (χ4n) is 5.87. The summed E-state index contributed by atoms with van der Waals surface area (Å²) in [7, 11) is 0. The smallest absolute Gasteiger partial charge is 0.143 e. The Hall–Kier alpha value is -5.80. The van der Waals surface area contributed by atoms with Crippen LogP contribution in [0.2, 0.25) is 0 Å². The van der Waals surface area contributed by atoms with Crippen LogP contribution in [0.1, 0.15) is 12.3 Å². The summed E-state index contributed by atoms with van der Waals surface area (Å²) in [6.45, 7) is 0. The van der Waals surface area contributed by atoms with Crippen LogP contribution in [-0.2, 0) is 0 Å². The van der Waals surface area contributed by atoms with Gasteiger partial charge in [-0.15, -0.1) is 0 Å². The summed E-state index contributed by atoms with van der Waals surface area (Å²) in [6, 6.07) is 24.7. The highest BCUT2D eigenvalue weighted by Crippen LogP contribution is 2.44. The summed E-state index contributed by atoms with van der Waals surface area (Å²) >= 11 is 0. The van der Waals surface area contributed by atoms with Crippen LogP contribution in [0.25, 0.3) is 65.8 Å². The lowest BCUT2D eigenvalue weighted by atomic mass is 10.0. The summed E-state index contributed by atoms with van der Waals surface area (Å²) in [4.78, 5) is 1.25. The summed E-state index contributed by atoms with van der Waals surface area (Å²) in [5.41, 5.74) is 2.25. The first-order valence-corrected chi connectivity index (χ1v) is 13.8. The van der Waals surface area contributed by atoms with Crippen molar-refractivity contribution in [3.63, 3.8) is 0 Å². The summed E-state index contributed by atoms with van der Waals surface area (Å²) in [5.74, 6) is 0. The molecule has 0 radical (unpaired) electrons. The van der Waals surface area contributed by atoms with Crippen LogP contribution in [0.15, 0.2) is 160 Å². The quantitative estimate of drug-likeness (QED) is 0.214. The number of fused-ring (bicyclic) bond motifs is 8. The molecule has 0 amide bonds. The molecule has 7 aromatic carbocycles. The lowest BCUT2D eigenvalue weighted by Gasteiger charge is -2.26. The molecule has 0 N–H and O–H groups in total. The zero-order valence-electron chi connectivity index (χ0n) is 31.5. The van der Waals surface area contributed by atoms with E-state index < -0.39 is 42.3 Å². The van der Waals surface area contributed by atoms with Crippen LogP contribution in [0, 0.1) is 0 Å². The molecular formula is C40H25NO2. The van der Waals surface area contributed by atoms with Crippen molar-refractivity contribution in [2.24, 2.45) is 0 Å². The number of furan rings is 2. The van der Waals surface area contributed by atoms with Crippen molar-refractivity contribution >= 4 is 71.7 Å². The van der Waals surface area contributed by atoms with Gasteiger partial charge in [0, 0.05) is 32.9 Å². The molecule has 0 saturated heterocycles. The van der Waals surface area contributed by atoms with Gasteiger partial charge in [-0.2, -0.15) is 0 Å². The van der Waals surface area contributed by atoms with Crippen LogP contribution >= 0.6 is 0 Å². The van der Waals surface area contributed by atoms with Gasteiger partial charge in [0.05, 0.1) is 23.4 Å². The number of nitrogens with zero attached hydrogens (tertiary/aromatic N) is 1. The van der Waals surface area contributed by atoms with E-state index in [2.05, 4.69) is 0 Å². The molecule has 0 saturated carbocycles. The second kappa shape index (κ2) is 9.37. The van der Waals surface area contributed by atoms with Crippen molar-refractivity contribution in [2.75, 3.05) is 4.90 Å². The fraction of sp³-hybridized carbons (Fsp3) is 0. The highest BCUT2D eigenvalue weighted by molar-refractivity contribution is 6.19. The molecular weight excluding hydrogens is 526 g/mol. The third-order valence-corrected chi connectivity index (χ3v) is 7.82. The Labute approximate surface area is 260 Å². The molecule has 9 rings (SSSR count). The molecule has 0 unspecified atom stereocenters. The van der Waals surface area contributed by atoms with Crippen LogP contribution in [0.3, 0.4) is 0 Å². The van der Waals surface area contributed by atoms with Crippen molar-refractivity contribution in [3.05, 3.63) is 151 Å². The third-order valence-electron chi connectivity index (χ3n) is 7.82. The standard InChI is InChI=1S/C40H25NO2/c1-2-10-29(11-3-1)41(35-14-8-16-37-39(35)34-24-19-27-9-4-5-12-31(27)40(34)43-37)30-21-17-26(18-22-30)28-20-23-33-32-13-6-7-15-36(32)42-38(33)25-28/h1-25H/i1D,2D,3D,10D,11D,17D,18D,21D,22D. The van der Waals surface area contributed by atoms with Gasteiger partial charge in [-0.25, -0.2) is 0 Å². The van der Waals surface area contributed by atoms with E-state index in [9.17, 15) is 5.48 Å². The SMILES string of the molecule is [2H]c1c([2H])c([2H])c(N(c2c([2H])c([2H])c(-c3ccc4c(c3)oc3ccccc34)c([2H])c2[2H])c2cccc3oc4c5ccccc5ccc4c23)c([2H])c1[2H]. The topological polar surface area (TPSA) is 29.5 Å². The largest absolute Gasteiger partial charge is 0.456 e. The average molecular weight is 561 g/mol. The fourth-order valence-corrected chi connectivity index (χ4v) is 5.87. The number of rotatable bonds is 4. The van der Waals surface area contributed by atoms with Gasteiger partial charge >= 0.3 is 0 Å². The second-order valence-corrected chi connectivity index (χ2v) is 10.3. The van der Waals surface area contributed by atoms with Gasteiger partial charge in [-0.1, -0.05) is 90.9 Å². The van der Waals surface area contributed by atoms with Gasteiger partial charge in [-0.05, 0) is 77.1 Å². The Morgan fingerprint density at radius 3 is 2.09 bits per heavy atom. The van der Waals surface area contributed by atoms with Crippen molar-refractivity contribution in [2.45, 2.75) is 0 Å². The minimum Gasteiger partial charge on any atom is -0.456 e. The highest BCUT2D eigenvalue weighted by atomic mass is 16.3. The molecule has 3 heteroatoms. The number of para-hydroxylation sites is 2. The molecule has 43 heavy (non-hydrogen) atoms. The Morgan fingerprint density at radius 1 is 0.488 bits per heavy atom. The van der Waals surface area contributed by atoms with E-state index >= 15 is 0 Å². The molecule has 202 valence electrons. The van der Waals surface area contributed by atoms with Crippen LogP contribution in [-0.4, -0.2) is 0 Å². The number of benzene rings is 7. The van der Waals surface area contributed by atoms with Gasteiger partial charge < -0.3 is 13.7 Å². The highest BCUT2D eigenvalue weighted by Gasteiger charge is 2.20. The van der Waals surface area contributed by atoms with E-state index in [0.29, 0.717) is 38.7 Å². The van der Waals surface area contributed by atoms with Crippen molar-refractivity contribution in [1.82, 2.24) is 0 Å². The molecule has 2 aromatic heterocycles. The van der Waals surface area contributed by atoms with Crippen molar-refractivity contribution in [1.29, 1.82) is 0 Å². The predicted molar refractivity (Wildman–Crippen MR) is 179 cm³/mol. The molecule has 2 heterocycles. The van der Waals surface area contributed by atoms with Gasteiger partial charge in [0.25, 0.3) is 0 Å². The van der Waals surface area contributed by atoms with Gasteiger partial charge in [0.15, 0.2) is 0 Å². The minimum atomic E-state index is -0.609. The minimum absolute atomic E-state index is 0.0283. The molecule has 0 aliphatic carbocycles. The van der Waals surface area contributed by atoms with Crippen LogP contribution in [0.5, 0.6) is 0 Å². The molecule has 3 nitrogen and oxygen atoms in total. The van der Waals surface area contributed by atoms with Crippen LogP contribution < -0.4 is 4.90 Å². The second-order valence-electron chi connectivity index (χ2n) is 10.3. The lowest BCUT2D eigenvalue weighted by Crippen LogP contribution is -2.10. The monoisotopic (exact) mass is 560 g/mol. The van der Waals surface area contributed by atoms with E-state index in [-0.39, 0.29) is 34.7 Å². The predicted octanol–water partition coefficient (Wildman–Crippen LogP) is 11.8. The Balaban J connectivity index is 1.36. The maximum absolute atomic E-state index is 9.40. The van der Waals surface area contributed by atoms with Gasteiger partial charge in [-0.3, -0.25) is 0 Å². The van der Waals surface area contributed by atoms with Crippen molar-refractivity contribution < 1.29 is 21.2 Å². The summed E-state index contributed by atoms with van der Waals surface area (Å²) < 4.78 is 93.1. The maximum atomic E-state index is 9.40. The molecule has 0 atom stereocenters.